The smallest absolute Gasteiger partial charge is 0.0899 e. The number of benzene rings is 1. The van der Waals surface area contributed by atoms with Crippen LogP contribution < -0.4 is 5.73 Å². The van der Waals surface area contributed by atoms with Crippen LogP contribution in [0, 0.1) is 5.41 Å². The van der Waals surface area contributed by atoms with Gasteiger partial charge in [-0.2, -0.15) is 0 Å². The summed E-state index contributed by atoms with van der Waals surface area (Å²) in [6.07, 6.45) is -0.464. The van der Waals surface area contributed by atoms with Crippen LogP contribution in [-0.4, -0.2) is 50.0 Å². The molecule has 0 aliphatic rings. The predicted octanol–water partition coefficient (Wildman–Crippen LogP) is 1.65. The lowest BCUT2D eigenvalue weighted by Crippen LogP contribution is -2.42. The SMILES string of the molecule is COCC(O)CN(C)CC(C)(C)C(N)c1ccccc1. The first-order chi connectivity index (χ1) is 9.36. The molecular weight excluding hydrogens is 252 g/mol. The molecule has 4 heteroatoms. The largest absolute Gasteiger partial charge is 0.389 e. The Morgan fingerprint density at radius 1 is 1.30 bits per heavy atom. The van der Waals surface area contributed by atoms with Gasteiger partial charge in [-0.3, -0.25) is 0 Å². The third kappa shape index (κ3) is 5.21. The minimum atomic E-state index is -0.464. The minimum absolute atomic E-state index is 0.0364. The number of nitrogens with zero attached hydrogens (tertiary/aromatic N) is 1. The average Bonchev–Trinajstić information content (AvgIpc) is 2.38. The number of likely N-dealkylation sites (N-methyl/N-ethyl adjacent to an activating group) is 1. The molecule has 20 heavy (non-hydrogen) atoms. The molecule has 0 radical (unpaired) electrons. The van der Waals surface area contributed by atoms with E-state index in [1.807, 2.05) is 25.2 Å². The molecule has 1 aromatic carbocycles. The number of hydrogen-bond acceptors (Lipinski definition) is 4. The molecule has 0 aliphatic carbocycles. The van der Waals surface area contributed by atoms with Crippen LogP contribution in [0.1, 0.15) is 25.5 Å². The number of ether oxygens (including phenoxy) is 1. The van der Waals surface area contributed by atoms with E-state index < -0.39 is 6.10 Å². The van der Waals surface area contributed by atoms with E-state index in [1.54, 1.807) is 7.11 Å². The zero-order valence-electron chi connectivity index (χ0n) is 13.0. The Labute approximate surface area is 122 Å². The summed E-state index contributed by atoms with van der Waals surface area (Å²) >= 11 is 0. The topological polar surface area (TPSA) is 58.7 Å². The van der Waals surface area contributed by atoms with Crippen LogP contribution in [0.2, 0.25) is 0 Å². The second-order valence-corrected chi connectivity index (χ2v) is 6.18. The summed E-state index contributed by atoms with van der Waals surface area (Å²) in [6.45, 7) is 6.06. The summed E-state index contributed by atoms with van der Waals surface area (Å²) < 4.78 is 4.95. The molecule has 0 saturated heterocycles. The van der Waals surface area contributed by atoms with Crippen LogP contribution in [0.25, 0.3) is 0 Å². The van der Waals surface area contributed by atoms with Crippen molar-refractivity contribution in [1.82, 2.24) is 4.90 Å². The van der Waals surface area contributed by atoms with Crippen molar-refractivity contribution in [3.63, 3.8) is 0 Å². The standard InChI is InChI=1S/C16H28N2O2/c1-16(2,12-18(3)10-14(19)11-20-4)15(17)13-8-6-5-7-9-13/h5-9,14-15,19H,10-12,17H2,1-4H3. The molecule has 114 valence electrons. The fourth-order valence-corrected chi connectivity index (χ4v) is 2.57. The first kappa shape index (κ1) is 17.1. The average molecular weight is 280 g/mol. The van der Waals surface area contributed by atoms with Gasteiger partial charge in [0, 0.05) is 26.2 Å². The van der Waals surface area contributed by atoms with Crippen molar-refractivity contribution in [1.29, 1.82) is 0 Å². The van der Waals surface area contributed by atoms with Gasteiger partial charge in [0.2, 0.25) is 0 Å². The molecule has 1 aromatic rings. The highest BCUT2D eigenvalue weighted by Gasteiger charge is 2.29. The Hall–Kier alpha value is -0.940. The van der Waals surface area contributed by atoms with Crippen LogP contribution in [0.5, 0.6) is 0 Å². The lowest BCUT2D eigenvalue weighted by molar-refractivity contribution is 0.0339. The third-order valence-corrected chi connectivity index (χ3v) is 3.56. The summed E-state index contributed by atoms with van der Waals surface area (Å²) in [4.78, 5) is 2.10. The molecule has 3 N–H and O–H groups in total. The van der Waals surface area contributed by atoms with E-state index in [1.165, 1.54) is 0 Å². The molecule has 0 heterocycles. The van der Waals surface area contributed by atoms with Crippen LogP contribution in [0.15, 0.2) is 30.3 Å². The van der Waals surface area contributed by atoms with Crippen molar-refractivity contribution >= 4 is 0 Å². The molecule has 4 nitrogen and oxygen atoms in total. The van der Waals surface area contributed by atoms with Crippen LogP contribution in [0.4, 0.5) is 0 Å². The zero-order valence-corrected chi connectivity index (χ0v) is 13.0. The van der Waals surface area contributed by atoms with Crippen LogP contribution >= 0.6 is 0 Å². The van der Waals surface area contributed by atoms with Gasteiger partial charge in [-0.05, 0) is 18.0 Å². The van der Waals surface area contributed by atoms with E-state index in [4.69, 9.17) is 10.5 Å². The third-order valence-electron chi connectivity index (χ3n) is 3.56. The highest BCUT2D eigenvalue weighted by molar-refractivity contribution is 5.20. The molecule has 0 fully saturated rings. The van der Waals surface area contributed by atoms with E-state index in [0.717, 1.165) is 12.1 Å². The number of rotatable bonds is 8. The Bertz CT molecular complexity index is 381. The Morgan fingerprint density at radius 3 is 2.45 bits per heavy atom. The Morgan fingerprint density at radius 2 is 1.90 bits per heavy atom. The molecule has 2 atom stereocenters. The van der Waals surface area contributed by atoms with E-state index in [2.05, 4.69) is 30.9 Å². The van der Waals surface area contributed by atoms with Gasteiger partial charge in [-0.15, -0.1) is 0 Å². The van der Waals surface area contributed by atoms with Gasteiger partial charge in [0.1, 0.15) is 0 Å². The molecule has 0 spiro atoms. The Kier molecular flexibility index (Phi) is 6.62. The van der Waals surface area contributed by atoms with Gasteiger partial charge in [0.05, 0.1) is 12.7 Å². The summed E-state index contributed by atoms with van der Waals surface area (Å²) in [5.41, 5.74) is 7.46. The van der Waals surface area contributed by atoms with Crippen molar-refractivity contribution in [3.05, 3.63) is 35.9 Å². The molecule has 1 rings (SSSR count). The van der Waals surface area contributed by atoms with Crippen molar-refractivity contribution in [2.75, 3.05) is 33.9 Å². The normalized spacial score (nSPS) is 15.3. The predicted molar refractivity (Wildman–Crippen MR) is 82.5 cm³/mol. The second kappa shape index (κ2) is 7.74. The van der Waals surface area contributed by atoms with E-state index in [9.17, 15) is 5.11 Å². The van der Waals surface area contributed by atoms with Gasteiger partial charge in [0.15, 0.2) is 0 Å². The molecular formula is C16H28N2O2. The molecule has 2 unspecified atom stereocenters. The van der Waals surface area contributed by atoms with Gasteiger partial charge in [0.25, 0.3) is 0 Å². The lowest BCUT2D eigenvalue weighted by atomic mass is 9.80. The number of methoxy groups -OCH3 is 1. The van der Waals surface area contributed by atoms with Gasteiger partial charge in [-0.25, -0.2) is 0 Å². The van der Waals surface area contributed by atoms with E-state index in [0.29, 0.717) is 13.2 Å². The van der Waals surface area contributed by atoms with Gasteiger partial charge < -0.3 is 20.5 Å². The maximum Gasteiger partial charge on any atom is 0.0899 e. The number of aliphatic hydroxyl groups excluding tert-OH is 1. The summed E-state index contributed by atoms with van der Waals surface area (Å²) in [6, 6.07) is 10.1. The molecule has 0 aromatic heterocycles. The van der Waals surface area contributed by atoms with E-state index >= 15 is 0 Å². The second-order valence-electron chi connectivity index (χ2n) is 6.18. The first-order valence-corrected chi connectivity index (χ1v) is 7.03. The van der Waals surface area contributed by atoms with Crippen molar-refractivity contribution in [2.45, 2.75) is 26.0 Å². The van der Waals surface area contributed by atoms with Crippen molar-refractivity contribution in [3.8, 4) is 0 Å². The fraction of sp³-hybridized carbons (Fsp3) is 0.625. The number of aliphatic hydroxyl groups is 1. The first-order valence-electron chi connectivity index (χ1n) is 7.03. The highest BCUT2D eigenvalue weighted by atomic mass is 16.5. The van der Waals surface area contributed by atoms with Crippen molar-refractivity contribution in [2.24, 2.45) is 11.1 Å². The summed E-state index contributed by atoms with van der Waals surface area (Å²) in [5.74, 6) is 0. The number of nitrogens with two attached hydrogens (primary N) is 1. The maximum atomic E-state index is 9.77. The zero-order chi connectivity index (χ0) is 15.2. The molecule has 0 amide bonds. The van der Waals surface area contributed by atoms with Crippen LogP contribution in [0.3, 0.4) is 0 Å². The lowest BCUT2D eigenvalue weighted by Gasteiger charge is -2.36. The van der Waals surface area contributed by atoms with Crippen molar-refractivity contribution < 1.29 is 9.84 Å². The molecule has 0 saturated carbocycles. The van der Waals surface area contributed by atoms with Crippen LogP contribution in [-0.2, 0) is 4.74 Å². The fourth-order valence-electron chi connectivity index (χ4n) is 2.57. The quantitative estimate of drug-likeness (QED) is 0.760. The molecule has 0 bridgehead atoms. The van der Waals surface area contributed by atoms with E-state index in [-0.39, 0.29) is 11.5 Å². The molecule has 0 aliphatic heterocycles. The Balaban J connectivity index is 2.60. The van der Waals surface area contributed by atoms with Gasteiger partial charge >= 0.3 is 0 Å². The summed E-state index contributed by atoms with van der Waals surface area (Å²) in [7, 11) is 3.59. The monoisotopic (exact) mass is 280 g/mol. The minimum Gasteiger partial charge on any atom is -0.389 e. The highest BCUT2D eigenvalue weighted by Crippen LogP contribution is 2.31. The number of hydrogen-bond donors (Lipinski definition) is 2. The summed E-state index contributed by atoms with van der Waals surface area (Å²) in [5, 5.41) is 9.77. The maximum absolute atomic E-state index is 9.77. The van der Waals surface area contributed by atoms with Gasteiger partial charge in [-0.1, -0.05) is 44.2 Å².